The van der Waals surface area contributed by atoms with Crippen LogP contribution in [0.2, 0.25) is 5.02 Å². The predicted octanol–water partition coefficient (Wildman–Crippen LogP) is 2.85. The molecule has 0 atom stereocenters. The molecule has 0 bridgehead atoms. The first-order chi connectivity index (χ1) is 13.1. The largest absolute Gasteiger partial charge is 0.356 e. The molecule has 2 aromatic rings. The molecule has 0 radical (unpaired) electrons. The van der Waals surface area contributed by atoms with Gasteiger partial charge in [-0.2, -0.15) is 0 Å². The zero-order valence-corrected chi connectivity index (χ0v) is 16.2. The van der Waals surface area contributed by atoms with Crippen LogP contribution >= 0.6 is 11.6 Å². The van der Waals surface area contributed by atoms with E-state index in [1.807, 2.05) is 48.5 Å². The van der Waals surface area contributed by atoms with Gasteiger partial charge in [-0.25, -0.2) is 0 Å². The minimum absolute atomic E-state index is 0.0715. The first-order valence-electron chi connectivity index (χ1n) is 9.12. The van der Waals surface area contributed by atoms with Crippen LogP contribution in [0, 0.1) is 0 Å². The quantitative estimate of drug-likeness (QED) is 0.508. The van der Waals surface area contributed by atoms with Gasteiger partial charge in [0.05, 0.1) is 6.54 Å². The third-order valence-corrected chi connectivity index (χ3v) is 5.09. The lowest BCUT2D eigenvalue weighted by molar-refractivity contribution is -0.120. The Morgan fingerprint density at radius 2 is 1.85 bits per heavy atom. The monoisotopic (exact) mass is 384 g/mol. The zero-order chi connectivity index (χ0) is 19.1. The summed E-state index contributed by atoms with van der Waals surface area (Å²) in [4.78, 5) is 16.2. The van der Waals surface area contributed by atoms with Gasteiger partial charge in [0.25, 0.3) is 0 Å². The van der Waals surface area contributed by atoms with E-state index in [1.165, 1.54) is 5.56 Å². The highest BCUT2D eigenvalue weighted by atomic mass is 35.5. The number of carbonyl (C=O) groups is 1. The Bertz CT molecular complexity index is 803. The van der Waals surface area contributed by atoms with Gasteiger partial charge >= 0.3 is 0 Å². The second-order valence-electron chi connectivity index (χ2n) is 6.83. The van der Waals surface area contributed by atoms with Crippen LogP contribution in [0.5, 0.6) is 0 Å². The van der Waals surface area contributed by atoms with E-state index in [0.717, 1.165) is 30.0 Å². The fourth-order valence-corrected chi connectivity index (χ4v) is 3.22. The fraction of sp³-hybridized carbons (Fsp3) is 0.333. The van der Waals surface area contributed by atoms with Crippen LogP contribution in [-0.4, -0.2) is 32.0 Å². The lowest BCUT2D eigenvalue weighted by atomic mass is 9.96. The number of nitrogens with one attached hydrogen (secondary N) is 3. The maximum Gasteiger partial charge on any atom is 0.239 e. The van der Waals surface area contributed by atoms with E-state index in [1.54, 1.807) is 7.05 Å². The molecule has 0 heterocycles. The third-order valence-electron chi connectivity index (χ3n) is 4.86. The third kappa shape index (κ3) is 5.47. The number of hydrogen-bond acceptors (Lipinski definition) is 2. The molecule has 0 saturated heterocycles. The number of halogens is 1. The average Bonchev–Trinajstić information content (AvgIpc) is 3.48. The van der Waals surface area contributed by atoms with Gasteiger partial charge in [-0.15, -0.1) is 0 Å². The maximum absolute atomic E-state index is 12.0. The van der Waals surface area contributed by atoms with Gasteiger partial charge in [0.15, 0.2) is 5.96 Å². The van der Waals surface area contributed by atoms with Crippen LogP contribution in [0.15, 0.2) is 59.6 Å². The number of nitrogens with zero attached hydrogens (tertiary/aromatic N) is 1. The lowest BCUT2D eigenvalue weighted by Gasteiger charge is -2.19. The summed E-state index contributed by atoms with van der Waals surface area (Å²) in [6, 6.07) is 17.9. The number of aliphatic imine (C=N–C) groups is 1. The lowest BCUT2D eigenvalue weighted by Crippen LogP contribution is -2.45. The molecule has 3 N–H and O–H groups in total. The van der Waals surface area contributed by atoms with Crippen molar-refractivity contribution in [2.24, 2.45) is 4.99 Å². The summed E-state index contributed by atoms with van der Waals surface area (Å²) in [5.41, 5.74) is 2.43. The summed E-state index contributed by atoms with van der Waals surface area (Å²) in [6.07, 6.45) is 2.24. The van der Waals surface area contributed by atoms with E-state index >= 15 is 0 Å². The van der Waals surface area contributed by atoms with Crippen molar-refractivity contribution in [3.8, 4) is 0 Å². The molecule has 1 aliphatic rings. The van der Waals surface area contributed by atoms with Crippen molar-refractivity contribution in [1.29, 1.82) is 0 Å². The van der Waals surface area contributed by atoms with Crippen molar-refractivity contribution < 1.29 is 4.79 Å². The van der Waals surface area contributed by atoms with Crippen LogP contribution in [0.1, 0.15) is 24.0 Å². The maximum atomic E-state index is 12.0. The SMILES string of the molecule is CN=C(NCC(=O)NCc1ccccc1)NCC1(c2cccc(Cl)c2)CC1. The number of rotatable bonds is 7. The van der Waals surface area contributed by atoms with Gasteiger partial charge in [0, 0.05) is 30.6 Å². The standard InChI is InChI=1S/C21H25ClN4O/c1-23-20(25-14-19(27)24-13-16-6-3-2-4-7-16)26-15-21(10-11-21)17-8-5-9-18(22)12-17/h2-9,12H,10-11,13-15H2,1H3,(H,24,27)(H2,23,25,26). The number of benzene rings is 2. The van der Waals surface area contributed by atoms with E-state index in [-0.39, 0.29) is 17.9 Å². The Hall–Kier alpha value is -2.53. The minimum atomic E-state index is -0.0715. The first-order valence-corrected chi connectivity index (χ1v) is 9.50. The topological polar surface area (TPSA) is 65.5 Å². The van der Waals surface area contributed by atoms with Crippen molar-refractivity contribution in [2.45, 2.75) is 24.8 Å². The van der Waals surface area contributed by atoms with Gasteiger partial charge in [0.1, 0.15) is 0 Å². The van der Waals surface area contributed by atoms with Crippen molar-refractivity contribution >= 4 is 23.5 Å². The van der Waals surface area contributed by atoms with Gasteiger partial charge in [-0.3, -0.25) is 9.79 Å². The molecule has 1 aliphatic carbocycles. The zero-order valence-electron chi connectivity index (χ0n) is 15.5. The molecule has 27 heavy (non-hydrogen) atoms. The summed E-state index contributed by atoms with van der Waals surface area (Å²) in [6.45, 7) is 1.46. The van der Waals surface area contributed by atoms with Gasteiger partial charge in [-0.1, -0.05) is 54.1 Å². The van der Waals surface area contributed by atoms with E-state index in [4.69, 9.17) is 11.6 Å². The fourth-order valence-electron chi connectivity index (χ4n) is 3.03. The molecule has 0 unspecified atom stereocenters. The number of guanidine groups is 1. The van der Waals surface area contributed by atoms with Crippen LogP contribution in [0.25, 0.3) is 0 Å². The Morgan fingerprint density at radius 1 is 1.07 bits per heavy atom. The number of carbonyl (C=O) groups excluding carboxylic acids is 1. The normalized spacial score (nSPS) is 15.1. The van der Waals surface area contributed by atoms with Crippen LogP contribution < -0.4 is 16.0 Å². The van der Waals surface area contributed by atoms with Gasteiger partial charge < -0.3 is 16.0 Å². The van der Waals surface area contributed by atoms with Crippen LogP contribution in [0.4, 0.5) is 0 Å². The number of amides is 1. The van der Waals surface area contributed by atoms with E-state index in [9.17, 15) is 4.79 Å². The summed E-state index contributed by atoms with van der Waals surface area (Å²) in [5, 5.41) is 10.1. The van der Waals surface area contributed by atoms with E-state index in [0.29, 0.717) is 12.5 Å². The highest BCUT2D eigenvalue weighted by Crippen LogP contribution is 2.48. The summed E-state index contributed by atoms with van der Waals surface area (Å²) in [5.74, 6) is 0.552. The van der Waals surface area contributed by atoms with Crippen molar-refractivity contribution in [3.05, 3.63) is 70.7 Å². The van der Waals surface area contributed by atoms with E-state index in [2.05, 4.69) is 27.0 Å². The summed E-state index contributed by atoms with van der Waals surface area (Å²) < 4.78 is 0. The van der Waals surface area contributed by atoms with Crippen molar-refractivity contribution in [2.75, 3.05) is 20.1 Å². The molecular formula is C21H25ClN4O. The molecule has 0 aliphatic heterocycles. The molecule has 0 spiro atoms. The molecule has 3 rings (SSSR count). The predicted molar refractivity (Wildman–Crippen MR) is 110 cm³/mol. The molecule has 1 amide bonds. The summed E-state index contributed by atoms with van der Waals surface area (Å²) >= 11 is 6.13. The molecule has 142 valence electrons. The Labute approximate surface area is 165 Å². The molecular weight excluding hydrogens is 360 g/mol. The van der Waals surface area contributed by atoms with Gasteiger partial charge in [0.2, 0.25) is 5.91 Å². The Balaban J connectivity index is 1.44. The molecule has 1 fully saturated rings. The van der Waals surface area contributed by atoms with Crippen molar-refractivity contribution in [3.63, 3.8) is 0 Å². The summed E-state index contributed by atoms with van der Waals surface area (Å²) in [7, 11) is 1.70. The minimum Gasteiger partial charge on any atom is -0.356 e. The molecule has 6 heteroatoms. The first kappa shape index (κ1) is 19.2. The molecule has 5 nitrogen and oxygen atoms in total. The molecule has 0 aromatic heterocycles. The van der Waals surface area contributed by atoms with Crippen molar-refractivity contribution in [1.82, 2.24) is 16.0 Å². The van der Waals surface area contributed by atoms with Crippen LogP contribution in [0.3, 0.4) is 0 Å². The molecule has 2 aromatic carbocycles. The van der Waals surface area contributed by atoms with Crippen LogP contribution in [-0.2, 0) is 16.8 Å². The second kappa shape index (κ2) is 8.91. The second-order valence-corrected chi connectivity index (χ2v) is 7.27. The Morgan fingerprint density at radius 3 is 2.52 bits per heavy atom. The highest BCUT2D eigenvalue weighted by Gasteiger charge is 2.44. The average molecular weight is 385 g/mol. The van der Waals surface area contributed by atoms with E-state index < -0.39 is 0 Å². The number of hydrogen-bond donors (Lipinski definition) is 3. The molecule has 1 saturated carbocycles. The highest BCUT2D eigenvalue weighted by molar-refractivity contribution is 6.30. The van der Waals surface area contributed by atoms with Gasteiger partial charge in [-0.05, 0) is 36.1 Å². The smallest absolute Gasteiger partial charge is 0.239 e. The Kier molecular flexibility index (Phi) is 6.35.